The predicted octanol–water partition coefficient (Wildman–Crippen LogP) is 0.501. The van der Waals surface area contributed by atoms with Gasteiger partial charge in [0.1, 0.15) is 0 Å². The highest BCUT2D eigenvalue weighted by Crippen LogP contribution is 2.40. The minimum absolute atomic E-state index is 0.0191. The van der Waals surface area contributed by atoms with Crippen LogP contribution in [0, 0.1) is 11.3 Å². The molecule has 0 N–H and O–H groups in total. The molecule has 2 atom stereocenters. The van der Waals surface area contributed by atoms with Crippen molar-refractivity contribution >= 4 is 5.97 Å². The van der Waals surface area contributed by atoms with Gasteiger partial charge in [-0.05, 0) is 20.0 Å². The van der Waals surface area contributed by atoms with Gasteiger partial charge in [0.2, 0.25) is 0 Å². The van der Waals surface area contributed by atoms with Crippen molar-refractivity contribution in [3.8, 4) is 0 Å². The Morgan fingerprint density at radius 1 is 1.67 bits per heavy atom. The number of carbonyl (C=O) groups is 1. The second-order valence-electron chi connectivity index (χ2n) is 4.34. The number of esters is 1. The average molecular weight is 169 g/mol. The molecule has 12 heavy (non-hydrogen) atoms. The topological polar surface area (TPSA) is 29.5 Å². The van der Waals surface area contributed by atoms with Crippen molar-refractivity contribution in [1.29, 1.82) is 0 Å². The van der Waals surface area contributed by atoms with Crippen LogP contribution in [0.3, 0.4) is 0 Å². The molecule has 0 bridgehead atoms. The molecule has 0 saturated carbocycles. The summed E-state index contributed by atoms with van der Waals surface area (Å²) in [6.07, 6.45) is 0.964. The molecule has 0 aromatic rings. The van der Waals surface area contributed by atoms with Gasteiger partial charge in [-0.3, -0.25) is 4.79 Å². The molecule has 2 rings (SSSR count). The monoisotopic (exact) mass is 169 g/mol. The second-order valence-corrected chi connectivity index (χ2v) is 4.34. The van der Waals surface area contributed by atoms with E-state index < -0.39 is 0 Å². The van der Waals surface area contributed by atoms with Gasteiger partial charge < -0.3 is 9.64 Å². The molecule has 0 aromatic heterocycles. The minimum Gasteiger partial charge on any atom is -0.465 e. The Morgan fingerprint density at radius 2 is 2.42 bits per heavy atom. The summed E-state index contributed by atoms with van der Waals surface area (Å²) >= 11 is 0. The Morgan fingerprint density at radius 3 is 3.17 bits per heavy atom. The lowest BCUT2D eigenvalue weighted by molar-refractivity contribution is -0.141. The number of ether oxygens (including phenoxy) is 1. The lowest BCUT2D eigenvalue weighted by atomic mass is 9.75. The summed E-state index contributed by atoms with van der Waals surface area (Å²) in [4.78, 5) is 13.6. The molecular formula is C9H15NO2. The number of likely N-dealkylation sites (tertiary alicyclic amines) is 1. The van der Waals surface area contributed by atoms with Crippen molar-refractivity contribution in [2.24, 2.45) is 11.3 Å². The van der Waals surface area contributed by atoms with Crippen LogP contribution in [0.25, 0.3) is 0 Å². The predicted molar refractivity (Wildman–Crippen MR) is 44.7 cm³/mol. The number of fused-ring (bicyclic) bond motifs is 1. The van der Waals surface area contributed by atoms with E-state index in [0.29, 0.717) is 6.61 Å². The first-order valence-corrected chi connectivity index (χ1v) is 4.47. The van der Waals surface area contributed by atoms with Gasteiger partial charge in [0.15, 0.2) is 0 Å². The van der Waals surface area contributed by atoms with Crippen LogP contribution in [0.5, 0.6) is 0 Å². The van der Waals surface area contributed by atoms with Gasteiger partial charge in [0, 0.05) is 12.0 Å². The summed E-state index contributed by atoms with van der Waals surface area (Å²) in [5.41, 5.74) is 0.0874. The fourth-order valence-corrected chi connectivity index (χ4v) is 2.39. The number of carbonyl (C=O) groups excluding carboxylic acids is 1. The SMILES string of the molecule is CN1CCC2C(=O)OCC2(C)C1. The third kappa shape index (κ3) is 1.04. The van der Waals surface area contributed by atoms with E-state index in [0.717, 1.165) is 19.5 Å². The zero-order valence-electron chi connectivity index (χ0n) is 7.67. The summed E-state index contributed by atoms with van der Waals surface area (Å²) in [6, 6.07) is 0. The first-order valence-electron chi connectivity index (χ1n) is 4.47. The van der Waals surface area contributed by atoms with Gasteiger partial charge >= 0.3 is 5.97 Å². The third-order valence-corrected chi connectivity index (χ3v) is 3.10. The van der Waals surface area contributed by atoms with Gasteiger partial charge in [-0.2, -0.15) is 0 Å². The number of hydrogen-bond donors (Lipinski definition) is 0. The van der Waals surface area contributed by atoms with Crippen molar-refractivity contribution in [3.05, 3.63) is 0 Å². The highest BCUT2D eigenvalue weighted by Gasteiger charge is 2.49. The summed E-state index contributed by atoms with van der Waals surface area (Å²) < 4.78 is 5.09. The Balaban J connectivity index is 2.19. The fraction of sp³-hybridized carbons (Fsp3) is 0.889. The van der Waals surface area contributed by atoms with Crippen LogP contribution >= 0.6 is 0 Å². The van der Waals surface area contributed by atoms with E-state index in [2.05, 4.69) is 18.9 Å². The number of hydrogen-bond acceptors (Lipinski definition) is 3. The fourth-order valence-electron chi connectivity index (χ4n) is 2.39. The summed E-state index contributed by atoms with van der Waals surface area (Å²) in [5, 5.41) is 0. The largest absolute Gasteiger partial charge is 0.465 e. The molecule has 0 aromatic carbocycles. The molecule has 0 aliphatic carbocycles. The lowest BCUT2D eigenvalue weighted by Crippen LogP contribution is -2.45. The molecule has 0 radical (unpaired) electrons. The van der Waals surface area contributed by atoms with Crippen molar-refractivity contribution in [1.82, 2.24) is 4.90 Å². The molecule has 2 unspecified atom stereocenters. The Bertz CT molecular complexity index is 217. The molecule has 0 spiro atoms. The highest BCUT2D eigenvalue weighted by atomic mass is 16.5. The van der Waals surface area contributed by atoms with Crippen LogP contribution in [0.1, 0.15) is 13.3 Å². The maximum Gasteiger partial charge on any atom is 0.309 e. The van der Waals surface area contributed by atoms with Crippen molar-refractivity contribution in [2.75, 3.05) is 26.7 Å². The molecule has 2 fully saturated rings. The molecule has 68 valence electrons. The standard InChI is InChI=1S/C9H15NO2/c1-9-5-10(2)4-3-7(9)8(11)12-6-9/h7H,3-6H2,1-2H3. The maximum absolute atomic E-state index is 11.3. The van der Waals surface area contributed by atoms with Gasteiger partial charge in [-0.1, -0.05) is 6.92 Å². The molecule has 0 amide bonds. The van der Waals surface area contributed by atoms with E-state index in [1.54, 1.807) is 0 Å². The molecule has 2 heterocycles. The van der Waals surface area contributed by atoms with Gasteiger partial charge in [-0.15, -0.1) is 0 Å². The van der Waals surface area contributed by atoms with Crippen LogP contribution < -0.4 is 0 Å². The molecular weight excluding hydrogens is 154 g/mol. The number of cyclic esters (lactones) is 1. The van der Waals surface area contributed by atoms with E-state index in [9.17, 15) is 4.79 Å². The van der Waals surface area contributed by atoms with Gasteiger partial charge in [0.05, 0.1) is 12.5 Å². The highest BCUT2D eigenvalue weighted by molar-refractivity contribution is 5.75. The Labute approximate surface area is 72.7 Å². The maximum atomic E-state index is 11.3. The first-order chi connectivity index (χ1) is 5.62. The summed E-state index contributed by atoms with van der Waals surface area (Å²) in [6.45, 7) is 4.78. The molecule has 3 heteroatoms. The second kappa shape index (κ2) is 2.46. The van der Waals surface area contributed by atoms with Crippen LogP contribution in [0.4, 0.5) is 0 Å². The smallest absolute Gasteiger partial charge is 0.309 e. The zero-order chi connectivity index (χ0) is 8.77. The Kier molecular flexibility index (Phi) is 1.65. The molecule has 2 aliphatic heterocycles. The van der Waals surface area contributed by atoms with Gasteiger partial charge in [-0.25, -0.2) is 0 Å². The zero-order valence-corrected chi connectivity index (χ0v) is 7.67. The number of nitrogens with zero attached hydrogens (tertiary/aromatic N) is 1. The summed E-state index contributed by atoms with van der Waals surface area (Å²) in [5.74, 6) is 0.180. The van der Waals surface area contributed by atoms with E-state index in [4.69, 9.17) is 4.74 Å². The minimum atomic E-state index is 0.0191. The van der Waals surface area contributed by atoms with E-state index in [1.165, 1.54) is 0 Å². The first kappa shape index (κ1) is 8.05. The molecule has 2 aliphatic rings. The normalized spacial score (nSPS) is 42.5. The van der Waals surface area contributed by atoms with E-state index >= 15 is 0 Å². The Hall–Kier alpha value is -0.570. The van der Waals surface area contributed by atoms with Crippen LogP contribution in [0.15, 0.2) is 0 Å². The van der Waals surface area contributed by atoms with Crippen LogP contribution in [-0.4, -0.2) is 37.6 Å². The molecule has 2 saturated heterocycles. The van der Waals surface area contributed by atoms with E-state index in [-0.39, 0.29) is 17.3 Å². The van der Waals surface area contributed by atoms with Crippen LogP contribution in [0.2, 0.25) is 0 Å². The average Bonchev–Trinajstić information content (AvgIpc) is 2.27. The van der Waals surface area contributed by atoms with Gasteiger partial charge in [0.25, 0.3) is 0 Å². The van der Waals surface area contributed by atoms with Crippen LogP contribution in [-0.2, 0) is 9.53 Å². The quantitative estimate of drug-likeness (QED) is 0.495. The van der Waals surface area contributed by atoms with E-state index in [1.807, 2.05) is 0 Å². The number of piperidine rings is 1. The van der Waals surface area contributed by atoms with Crippen molar-refractivity contribution in [3.63, 3.8) is 0 Å². The lowest BCUT2D eigenvalue weighted by Gasteiger charge is -2.37. The number of rotatable bonds is 0. The van der Waals surface area contributed by atoms with Crippen molar-refractivity contribution < 1.29 is 9.53 Å². The van der Waals surface area contributed by atoms with Crippen molar-refractivity contribution in [2.45, 2.75) is 13.3 Å². The summed E-state index contributed by atoms with van der Waals surface area (Å²) in [7, 11) is 2.10. The third-order valence-electron chi connectivity index (χ3n) is 3.10. The molecule has 3 nitrogen and oxygen atoms in total.